The molecule has 0 N–H and O–H groups in total. The zero-order chi connectivity index (χ0) is 17.2. The van der Waals surface area contributed by atoms with Crippen molar-refractivity contribution < 1.29 is 32.4 Å². The number of methoxy groups -OCH3 is 1. The highest BCUT2D eigenvalue weighted by atomic mass is 31.2. The van der Waals surface area contributed by atoms with Crippen molar-refractivity contribution in [2.24, 2.45) is 0 Å². The van der Waals surface area contributed by atoms with Crippen LogP contribution in [-0.2, 0) is 32.4 Å². The third kappa shape index (κ3) is 11.2. The van der Waals surface area contributed by atoms with Crippen LogP contribution < -0.4 is 0 Å². The number of phosphoric acid groups is 1. The Morgan fingerprint density at radius 3 is 2.36 bits per heavy atom. The van der Waals surface area contributed by atoms with Gasteiger partial charge in [-0.15, -0.1) is 0 Å². The fourth-order valence-corrected chi connectivity index (χ4v) is 3.13. The molecular formula is C14H29O7P. The highest BCUT2D eigenvalue weighted by Crippen LogP contribution is 2.53. The molecule has 0 heterocycles. The van der Waals surface area contributed by atoms with Crippen molar-refractivity contribution in [3.8, 4) is 0 Å². The van der Waals surface area contributed by atoms with Crippen LogP contribution in [0.15, 0.2) is 0 Å². The Morgan fingerprint density at radius 1 is 1.23 bits per heavy atom. The number of rotatable bonds is 11. The van der Waals surface area contributed by atoms with Gasteiger partial charge in [-0.3, -0.25) is 18.4 Å². The Balaban J connectivity index is 4.56. The van der Waals surface area contributed by atoms with Crippen molar-refractivity contribution in [2.45, 2.75) is 59.2 Å². The van der Waals surface area contributed by atoms with Gasteiger partial charge in [0.1, 0.15) is 0 Å². The summed E-state index contributed by atoms with van der Waals surface area (Å²) < 4.78 is 38.5. The zero-order valence-corrected chi connectivity index (χ0v) is 15.3. The summed E-state index contributed by atoms with van der Waals surface area (Å²) in [6, 6.07) is 0. The van der Waals surface area contributed by atoms with Gasteiger partial charge in [-0.05, 0) is 41.0 Å². The van der Waals surface area contributed by atoms with Gasteiger partial charge in [0.15, 0.2) is 0 Å². The van der Waals surface area contributed by atoms with Crippen LogP contribution in [0, 0.1) is 0 Å². The zero-order valence-electron chi connectivity index (χ0n) is 14.4. The molecule has 0 radical (unpaired) electrons. The summed E-state index contributed by atoms with van der Waals surface area (Å²) in [5.74, 6) is -0.348. The van der Waals surface area contributed by atoms with E-state index in [0.717, 1.165) is 0 Å². The van der Waals surface area contributed by atoms with Crippen molar-refractivity contribution in [3.63, 3.8) is 0 Å². The Bertz CT molecular complexity index is 365. The molecule has 0 saturated heterocycles. The van der Waals surface area contributed by atoms with Gasteiger partial charge in [0.2, 0.25) is 0 Å². The van der Waals surface area contributed by atoms with Gasteiger partial charge in [0.05, 0.1) is 32.0 Å². The molecule has 0 spiro atoms. The molecule has 132 valence electrons. The summed E-state index contributed by atoms with van der Waals surface area (Å²) >= 11 is 0. The topological polar surface area (TPSA) is 80.3 Å². The highest BCUT2D eigenvalue weighted by molar-refractivity contribution is 7.48. The molecule has 22 heavy (non-hydrogen) atoms. The van der Waals surface area contributed by atoms with Gasteiger partial charge in [-0.2, -0.15) is 0 Å². The molecule has 0 aliphatic rings. The van der Waals surface area contributed by atoms with E-state index in [1.807, 2.05) is 6.92 Å². The fourth-order valence-electron chi connectivity index (χ4n) is 1.46. The smallest absolute Gasteiger partial charge is 0.469 e. The molecule has 8 heteroatoms. The summed E-state index contributed by atoms with van der Waals surface area (Å²) in [7, 11) is -2.42. The second-order valence-electron chi connectivity index (χ2n) is 5.71. The van der Waals surface area contributed by atoms with Gasteiger partial charge in [0, 0.05) is 13.0 Å². The normalized spacial score (nSPS) is 16.1. The van der Waals surface area contributed by atoms with Gasteiger partial charge in [-0.25, -0.2) is 4.57 Å². The summed E-state index contributed by atoms with van der Waals surface area (Å²) in [5.41, 5.74) is -0.691. The van der Waals surface area contributed by atoms with Crippen LogP contribution in [0.4, 0.5) is 0 Å². The fraction of sp³-hybridized carbons (Fsp3) is 0.929. The third-order valence-electron chi connectivity index (χ3n) is 2.36. The first-order valence-corrected chi connectivity index (χ1v) is 8.86. The van der Waals surface area contributed by atoms with Crippen LogP contribution in [0.2, 0.25) is 0 Å². The maximum atomic E-state index is 12.7. The van der Waals surface area contributed by atoms with Crippen LogP contribution in [0.1, 0.15) is 47.5 Å². The van der Waals surface area contributed by atoms with E-state index in [1.165, 1.54) is 7.11 Å². The summed E-state index contributed by atoms with van der Waals surface area (Å²) in [6.07, 6.45) is 0.0601. The summed E-state index contributed by atoms with van der Waals surface area (Å²) in [4.78, 5) is 11.1. The van der Waals surface area contributed by atoms with Crippen LogP contribution in [0.25, 0.3) is 0 Å². The predicted octanol–water partition coefficient (Wildman–Crippen LogP) is 3.32. The van der Waals surface area contributed by atoms with Gasteiger partial charge in [-0.1, -0.05) is 0 Å². The van der Waals surface area contributed by atoms with Gasteiger partial charge >= 0.3 is 13.8 Å². The van der Waals surface area contributed by atoms with E-state index in [2.05, 4.69) is 4.74 Å². The number of carbonyl (C=O) groups excluding carboxylic acids is 1. The minimum absolute atomic E-state index is 0.102. The quantitative estimate of drug-likeness (QED) is 0.324. The monoisotopic (exact) mass is 340 g/mol. The largest absolute Gasteiger partial charge is 0.475 e. The molecule has 0 aliphatic carbocycles. The first kappa shape index (κ1) is 21.5. The number of hydrogen-bond acceptors (Lipinski definition) is 7. The first-order valence-electron chi connectivity index (χ1n) is 7.40. The van der Waals surface area contributed by atoms with Crippen LogP contribution >= 0.6 is 7.82 Å². The minimum atomic E-state index is -3.74. The van der Waals surface area contributed by atoms with Crippen molar-refractivity contribution >= 4 is 13.8 Å². The highest BCUT2D eigenvalue weighted by Gasteiger charge is 2.34. The third-order valence-corrected chi connectivity index (χ3v) is 4.25. The molecule has 0 rings (SSSR count). The first-order chi connectivity index (χ1) is 10.1. The molecule has 2 unspecified atom stereocenters. The number of ether oxygens (including phenoxy) is 2. The molecule has 0 bridgehead atoms. The molecule has 0 aromatic heterocycles. The number of carbonyl (C=O) groups is 1. The Hall–Kier alpha value is -0.460. The van der Waals surface area contributed by atoms with Crippen molar-refractivity contribution in [3.05, 3.63) is 0 Å². The van der Waals surface area contributed by atoms with Crippen LogP contribution in [0.5, 0.6) is 0 Å². The summed E-state index contributed by atoms with van der Waals surface area (Å²) in [5, 5.41) is 0. The van der Waals surface area contributed by atoms with Gasteiger partial charge < -0.3 is 9.47 Å². The second kappa shape index (κ2) is 10.3. The molecular weight excluding hydrogens is 311 g/mol. The molecule has 7 nitrogen and oxygen atoms in total. The lowest BCUT2D eigenvalue weighted by molar-refractivity contribution is -0.141. The van der Waals surface area contributed by atoms with Gasteiger partial charge in [0.25, 0.3) is 0 Å². The number of esters is 1. The Kier molecular flexibility index (Phi) is 10.1. The van der Waals surface area contributed by atoms with E-state index in [9.17, 15) is 9.36 Å². The van der Waals surface area contributed by atoms with Crippen molar-refractivity contribution in [1.29, 1.82) is 0 Å². The van der Waals surface area contributed by atoms with E-state index in [0.29, 0.717) is 19.6 Å². The molecule has 0 fully saturated rings. The maximum absolute atomic E-state index is 12.7. The minimum Gasteiger partial charge on any atom is -0.469 e. The van der Waals surface area contributed by atoms with E-state index in [1.54, 1.807) is 27.7 Å². The molecule has 0 amide bonds. The molecule has 0 aliphatic heterocycles. The second-order valence-corrected chi connectivity index (χ2v) is 7.26. The van der Waals surface area contributed by atoms with Crippen LogP contribution in [0.3, 0.4) is 0 Å². The van der Waals surface area contributed by atoms with Crippen molar-refractivity contribution in [1.82, 2.24) is 0 Å². The average Bonchev–Trinajstić information content (AvgIpc) is 2.38. The molecule has 2 atom stereocenters. The number of hydrogen-bond donors (Lipinski definition) is 0. The maximum Gasteiger partial charge on any atom is 0.475 e. The average molecular weight is 340 g/mol. The molecule has 0 aromatic rings. The molecule has 0 saturated carbocycles. The summed E-state index contributed by atoms with van der Waals surface area (Å²) in [6.45, 7) is 9.78. The van der Waals surface area contributed by atoms with E-state index in [4.69, 9.17) is 18.3 Å². The SMILES string of the molecule is CCOCCOP(=O)(OC(C)CCC(=O)OC)OC(C)(C)C. The standard InChI is InChI=1S/C14H29O7P/c1-7-18-10-11-19-22(16,21-14(3,4)5)20-12(2)8-9-13(15)17-6/h12H,7-11H2,1-6H3. The van der Waals surface area contributed by atoms with Crippen LogP contribution in [-0.4, -0.2) is 44.6 Å². The lowest BCUT2D eigenvalue weighted by Gasteiger charge is -2.28. The van der Waals surface area contributed by atoms with E-state index in [-0.39, 0.29) is 19.0 Å². The van der Waals surface area contributed by atoms with E-state index >= 15 is 0 Å². The van der Waals surface area contributed by atoms with E-state index < -0.39 is 19.5 Å². The molecule has 0 aromatic carbocycles. The Labute approximate surface area is 133 Å². The predicted molar refractivity (Wildman–Crippen MR) is 82.7 cm³/mol. The Morgan fingerprint density at radius 2 is 1.86 bits per heavy atom. The lowest BCUT2D eigenvalue weighted by atomic mass is 10.2. The van der Waals surface area contributed by atoms with Crippen molar-refractivity contribution in [2.75, 3.05) is 26.9 Å². The number of phosphoric ester groups is 1. The lowest BCUT2D eigenvalue weighted by Crippen LogP contribution is -2.22.